The number of alkyl halides is 1. The van der Waals surface area contributed by atoms with Crippen LogP contribution in [0.2, 0.25) is 0 Å². The highest BCUT2D eigenvalue weighted by atomic mass is 19.1. The molecule has 1 saturated heterocycles. The van der Waals surface area contributed by atoms with Gasteiger partial charge in [0.05, 0.1) is 24.3 Å². The lowest BCUT2D eigenvalue weighted by atomic mass is 10.0. The van der Waals surface area contributed by atoms with Crippen LogP contribution in [0.1, 0.15) is 69.0 Å². The summed E-state index contributed by atoms with van der Waals surface area (Å²) < 4.78 is 14.0. The van der Waals surface area contributed by atoms with Crippen LogP contribution in [0.5, 0.6) is 0 Å². The molecule has 0 aliphatic carbocycles. The quantitative estimate of drug-likeness (QED) is 0.118. The highest BCUT2D eigenvalue weighted by Crippen LogP contribution is 2.23. The summed E-state index contributed by atoms with van der Waals surface area (Å²) in [5.41, 5.74) is 2.52. The molecule has 1 fully saturated rings. The first-order chi connectivity index (χ1) is 22.4. The number of nitrogens with one attached hydrogen (secondary N) is 1. The van der Waals surface area contributed by atoms with Crippen LogP contribution in [0.3, 0.4) is 0 Å². The van der Waals surface area contributed by atoms with Crippen LogP contribution in [0.4, 0.5) is 9.18 Å². The van der Waals surface area contributed by atoms with Crippen LogP contribution in [-0.4, -0.2) is 107 Å². The third-order valence-electron chi connectivity index (χ3n) is 7.48. The maximum absolute atomic E-state index is 13.0. The largest absolute Gasteiger partial charge is 0.481 e. The number of rotatable bonds is 20. The number of carbonyl (C=O) groups is 7. The van der Waals surface area contributed by atoms with Crippen LogP contribution in [0.15, 0.2) is 30.5 Å². The number of halogens is 1. The van der Waals surface area contributed by atoms with E-state index >= 15 is 0 Å². The summed E-state index contributed by atoms with van der Waals surface area (Å²) in [4.78, 5) is 85.5. The van der Waals surface area contributed by atoms with Gasteiger partial charge in [0, 0.05) is 19.4 Å². The average Bonchev–Trinajstić information content (AvgIpc) is 3.49. The van der Waals surface area contributed by atoms with E-state index in [0.717, 1.165) is 11.3 Å². The molecule has 0 saturated carbocycles. The zero-order valence-electron chi connectivity index (χ0n) is 25.5. The van der Waals surface area contributed by atoms with Crippen LogP contribution in [-0.2, 0) is 41.6 Å². The minimum atomic E-state index is -1.89. The lowest BCUT2D eigenvalue weighted by Crippen LogP contribution is -2.63. The fourth-order valence-electron chi connectivity index (χ4n) is 5.06. The molecule has 0 bridgehead atoms. The van der Waals surface area contributed by atoms with Crippen molar-refractivity contribution >= 4 is 41.7 Å². The Morgan fingerprint density at radius 2 is 1.47 bits per heavy atom. The standard InChI is InChI=1S/C30H37FN6O10/c31-15-4-6-20-18-35(34-33-20)21-11-9-19(10-12-21)5-3-8-24(38)32-16-2-1-7-22(28(43)44)36-25(39)17-26(40)37(30(36)47)23(29(45)46)13-14-27(41)42/h9-12,18,22-23H,1-8,13-17H2,(H,32,38)(H,41,42)(H,43,44)(H,45,46)/t22-,23-/m0/s1. The molecule has 1 aliphatic heterocycles. The predicted molar refractivity (Wildman–Crippen MR) is 159 cm³/mol. The van der Waals surface area contributed by atoms with E-state index in [1.807, 2.05) is 24.3 Å². The van der Waals surface area contributed by atoms with Gasteiger partial charge in [-0.1, -0.05) is 17.3 Å². The first-order valence-corrected chi connectivity index (χ1v) is 15.1. The van der Waals surface area contributed by atoms with Crippen molar-refractivity contribution in [2.24, 2.45) is 0 Å². The smallest absolute Gasteiger partial charge is 0.335 e. The molecule has 2 atom stereocenters. The summed E-state index contributed by atoms with van der Waals surface area (Å²) in [6.45, 7) is -0.213. The summed E-state index contributed by atoms with van der Waals surface area (Å²) >= 11 is 0. The number of aromatic nitrogens is 3. The topological polar surface area (TPSA) is 229 Å². The number of aliphatic carboxylic acids is 3. The van der Waals surface area contributed by atoms with E-state index in [1.165, 1.54) is 0 Å². The number of carbonyl (C=O) groups excluding carboxylic acids is 4. The SMILES string of the molecule is O=C(O)CC[C@@H](C(=O)O)N1C(=O)CC(=O)N([C@@H](CCCCNC(=O)CCCc2ccc(-n3cc(CCCF)nn3)cc2)C(=O)O)C1=O. The van der Waals surface area contributed by atoms with E-state index < -0.39 is 73.8 Å². The highest BCUT2D eigenvalue weighted by molar-refractivity contribution is 6.16. The van der Waals surface area contributed by atoms with E-state index in [4.69, 9.17) is 5.11 Å². The van der Waals surface area contributed by atoms with Crippen LogP contribution in [0, 0.1) is 0 Å². The van der Waals surface area contributed by atoms with Crippen molar-refractivity contribution in [1.29, 1.82) is 0 Å². The maximum Gasteiger partial charge on any atom is 0.335 e. The number of carboxylic acids is 3. The van der Waals surface area contributed by atoms with Gasteiger partial charge in [0.15, 0.2) is 0 Å². The molecule has 0 spiro atoms. The third-order valence-corrected chi connectivity index (χ3v) is 7.48. The van der Waals surface area contributed by atoms with Crippen LogP contribution >= 0.6 is 0 Å². The number of hydrogen-bond donors (Lipinski definition) is 4. The van der Waals surface area contributed by atoms with Crippen molar-refractivity contribution in [1.82, 2.24) is 30.1 Å². The second-order valence-electron chi connectivity index (χ2n) is 10.9. The number of imide groups is 2. The van der Waals surface area contributed by atoms with Gasteiger partial charge in [0.1, 0.15) is 18.5 Å². The minimum Gasteiger partial charge on any atom is -0.481 e. The Morgan fingerprint density at radius 3 is 2.06 bits per heavy atom. The van der Waals surface area contributed by atoms with Crippen molar-refractivity contribution in [2.45, 2.75) is 82.7 Å². The molecule has 16 nitrogen and oxygen atoms in total. The van der Waals surface area contributed by atoms with Gasteiger partial charge in [0.2, 0.25) is 17.7 Å². The lowest BCUT2D eigenvalue weighted by Gasteiger charge is -2.38. The Kier molecular flexibility index (Phi) is 13.5. The molecule has 2 heterocycles. The van der Waals surface area contributed by atoms with Gasteiger partial charge in [-0.15, -0.1) is 5.10 Å². The third kappa shape index (κ3) is 10.4. The second-order valence-corrected chi connectivity index (χ2v) is 10.9. The monoisotopic (exact) mass is 660 g/mol. The van der Waals surface area contributed by atoms with E-state index in [2.05, 4.69) is 15.6 Å². The number of hydrogen-bond acceptors (Lipinski definition) is 9. The zero-order chi connectivity index (χ0) is 34.5. The molecule has 0 unspecified atom stereocenters. The summed E-state index contributed by atoms with van der Waals surface area (Å²) in [5, 5.41) is 39.0. The molecule has 3 rings (SSSR count). The van der Waals surface area contributed by atoms with Crippen LogP contribution < -0.4 is 5.32 Å². The number of aryl methyl sites for hydroxylation is 2. The average molecular weight is 661 g/mol. The molecule has 1 aromatic heterocycles. The fraction of sp³-hybridized carbons (Fsp3) is 0.500. The summed E-state index contributed by atoms with van der Waals surface area (Å²) in [7, 11) is 0. The summed E-state index contributed by atoms with van der Waals surface area (Å²) in [6, 6.07) is 2.56. The first-order valence-electron chi connectivity index (χ1n) is 15.1. The van der Waals surface area contributed by atoms with E-state index in [9.17, 15) is 48.2 Å². The van der Waals surface area contributed by atoms with Crippen molar-refractivity contribution in [3.63, 3.8) is 0 Å². The van der Waals surface area contributed by atoms with E-state index in [1.54, 1.807) is 10.9 Å². The number of benzene rings is 1. The van der Waals surface area contributed by atoms with Crippen molar-refractivity contribution < 1.29 is 53.3 Å². The van der Waals surface area contributed by atoms with Crippen molar-refractivity contribution in [3.05, 3.63) is 41.7 Å². The number of amides is 5. The lowest BCUT2D eigenvalue weighted by molar-refractivity contribution is -0.158. The van der Waals surface area contributed by atoms with Gasteiger partial charge in [0.25, 0.3) is 0 Å². The fourth-order valence-corrected chi connectivity index (χ4v) is 5.06. The van der Waals surface area contributed by atoms with Gasteiger partial charge in [-0.25, -0.2) is 28.9 Å². The van der Waals surface area contributed by atoms with Gasteiger partial charge in [-0.05, 0) is 69.1 Å². The molecule has 254 valence electrons. The van der Waals surface area contributed by atoms with E-state index in [-0.39, 0.29) is 36.6 Å². The Morgan fingerprint density at radius 1 is 0.830 bits per heavy atom. The Bertz CT molecular complexity index is 1460. The molecular formula is C30H37FN6O10. The minimum absolute atomic E-state index is 0.166. The zero-order valence-corrected chi connectivity index (χ0v) is 25.5. The number of nitrogens with zero attached hydrogens (tertiary/aromatic N) is 5. The van der Waals surface area contributed by atoms with Gasteiger partial charge in [-0.3, -0.25) is 23.6 Å². The predicted octanol–water partition coefficient (Wildman–Crippen LogP) is 1.73. The van der Waals surface area contributed by atoms with Gasteiger partial charge >= 0.3 is 23.9 Å². The van der Waals surface area contributed by atoms with E-state index in [0.29, 0.717) is 42.7 Å². The summed E-state index contributed by atoms with van der Waals surface area (Å²) in [5.74, 6) is -7.06. The molecule has 5 amide bonds. The van der Waals surface area contributed by atoms with Gasteiger partial charge < -0.3 is 20.6 Å². The molecule has 2 aromatic rings. The van der Waals surface area contributed by atoms with Crippen molar-refractivity contribution in [3.8, 4) is 5.69 Å². The molecule has 0 radical (unpaired) electrons. The van der Waals surface area contributed by atoms with Gasteiger partial charge in [-0.2, -0.15) is 0 Å². The summed E-state index contributed by atoms with van der Waals surface area (Å²) in [6.07, 6.45) is 2.12. The normalized spacial score (nSPS) is 14.6. The maximum atomic E-state index is 13.0. The number of unbranched alkanes of at least 4 members (excludes halogenated alkanes) is 1. The van der Waals surface area contributed by atoms with Crippen molar-refractivity contribution in [2.75, 3.05) is 13.2 Å². The Balaban J connectivity index is 1.43. The molecule has 47 heavy (non-hydrogen) atoms. The number of barbiturate groups is 1. The molecule has 17 heteroatoms. The Hall–Kier alpha value is -5.22. The number of urea groups is 1. The molecular weight excluding hydrogens is 623 g/mol. The molecule has 1 aromatic carbocycles. The second kappa shape index (κ2) is 17.5. The molecule has 4 N–H and O–H groups in total. The number of carboxylic acid groups (broad SMARTS) is 3. The first kappa shape index (κ1) is 36.3. The highest BCUT2D eigenvalue weighted by Gasteiger charge is 2.48. The van der Waals surface area contributed by atoms with Crippen LogP contribution in [0.25, 0.3) is 5.69 Å². The Labute approximate surface area is 268 Å². The molecule has 1 aliphatic rings.